The molecule has 0 bridgehead atoms. The van der Waals surface area contributed by atoms with Gasteiger partial charge in [0, 0.05) is 16.2 Å². The van der Waals surface area contributed by atoms with E-state index >= 15 is 0 Å². The summed E-state index contributed by atoms with van der Waals surface area (Å²) < 4.78 is 1.05. The van der Waals surface area contributed by atoms with Crippen molar-refractivity contribution in [2.45, 2.75) is 26.7 Å². The van der Waals surface area contributed by atoms with E-state index in [0.29, 0.717) is 5.95 Å². The SMILES string of the molecule is Cc1cc(Nc2nc(C(C)C)cc(=O)[nH]2)ccc1Br. The average Bonchev–Trinajstić information content (AvgIpc) is 2.33. The van der Waals surface area contributed by atoms with Gasteiger partial charge in [-0.3, -0.25) is 9.78 Å². The van der Waals surface area contributed by atoms with Crippen molar-refractivity contribution >= 4 is 27.6 Å². The van der Waals surface area contributed by atoms with Crippen molar-refractivity contribution in [1.29, 1.82) is 0 Å². The van der Waals surface area contributed by atoms with Crippen LogP contribution in [-0.4, -0.2) is 9.97 Å². The number of aromatic amines is 1. The van der Waals surface area contributed by atoms with Crippen molar-refractivity contribution in [3.63, 3.8) is 0 Å². The Bertz CT molecular complexity index is 649. The van der Waals surface area contributed by atoms with Gasteiger partial charge >= 0.3 is 0 Å². The summed E-state index contributed by atoms with van der Waals surface area (Å²) in [5.74, 6) is 0.687. The molecule has 0 saturated heterocycles. The third-order valence-corrected chi connectivity index (χ3v) is 3.66. The minimum absolute atomic E-state index is 0.143. The zero-order valence-corrected chi connectivity index (χ0v) is 12.7. The van der Waals surface area contributed by atoms with Crippen molar-refractivity contribution in [3.05, 3.63) is 50.3 Å². The second kappa shape index (κ2) is 5.57. The summed E-state index contributed by atoms with van der Waals surface area (Å²) in [6, 6.07) is 7.41. The van der Waals surface area contributed by atoms with Crippen LogP contribution in [0, 0.1) is 6.92 Å². The first-order valence-corrected chi connectivity index (χ1v) is 6.89. The Morgan fingerprint density at radius 2 is 2.05 bits per heavy atom. The van der Waals surface area contributed by atoms with Gasteiger partial charge < -0.3 is 5.32 Å². The normalized spacial score (nSPS) is 10.8. The van der Waals surface area contributed by atoms with Crippen LogP contribution in [0.15, 0.2) is 33.5 Å². The molecule has 0 saturated carbocycles. The summed E-state index contributed by atoms with van der Waals surface area (Å²) in [7, 11) is 0. The second-order valence-electron chi connectivity index (χ2n) is 4.76. The number of H-pyrrole nitrogens is 1. The summed E-state index contributed by atoms with van der Waals surface area (Å²) in [6.45, 7) is 6.03. The molecule has 0 aliphatic heterocycles. The van der Waals surface area contributed by atoms with Crippen LogP contribution in [0.25, 0.3) is 0 Å². The number of hydrogen-bond acceptors (Lipinski definition) is 3. The van der Waals surface area contributed by atoms with Gasteiger partial charge in [0.25, 0.3) is 5.56 Å². The van der Waals surface area contributed by atoms with Gasteiger partial charge in [0.05, 0.1) is 5.69 Å². The van der Waals surface area contributed by atoms with Gasteiger partial charge in [-0.25, -0.2) is 4.98 Å². The number of benzene rings is 1. The van der Waals surface area contributed by atoms with Gasteiger partial charge in [-0.05, 0) is 36.6 Å². The third kappa shape index (κ3) is 3.44. The zero-order chi connectivity index (χ0) is 14.0. The predicted molar refractivity (Wildman–Crippen MR) is 81.1 cm³/mol. The second-order valence-corrected chi connectivity index (χ2v) is 5.62. The molecule has 0 atom stereocenters. The molecule has 5 heteroatoms. The molecular formula is C14H16BrN3O. The van der Waals surface area contributed by atoms with E-state index < -0.39 is 0 Å². The van der Waals surface area contributed by atoms with Crippen LogP contribution in [0.3, 0.4) is 0 Å². The molecule has 100 valence electrons. The van der Waals surface area contributed by atoms with E-state index in [-0.39, 0.29) is 11.5 Å². The fourth-order valence-corrected chi connectivity index (χ4v) is 1.94. The fourth-order valence-electron chi connectivity index (χ4n) is 1.69. The van der Waals surface area contributed by atoms with Crippen LogP contribution in [0.2, 0.25) is 0 Å². The highest BCUT2D eigenvalue weighted by atomic mass is 79.9. The van der Waals surface area contributed by atoms with E-state index in [1.807, 2.05) is 39.0 Å². The van der Waals surface area contributed by atoms with Crippen molar-refractivity contribution < 1.29 is 0 Å². The van der Waals surface area contributed by atoms with E-state index in [4.69, 9.17) is 0 Å². The molecule has 0 aliphatic carbocycles. The summed E-state index contributed by atoms with van der Waals surface area (Å²) in [6.07, 6.45) is 0. The first-order chi connectivity index (χ1) is 8.95. The third-order valence-electron chi connectivity index (χ3n) is 2.77. The van der Waals surface area contributed by atoms with E-state index in [9.17, 15) is 4.79 Å². The highest BCUT2D eigenvalue weighted by molar-refractivity contribution is 9.10. The lowest BCUT2D eigenvalue weighted by molar-refractivity contribution is 0.812. The molecule has 0 radical (unpaired) electrons. The molecule has 19 heavy (non-hydrogen) atoms. The number of hydrogen-bond donors (Lipinski definition) is 2. The smallest absolute Gasteiger partial charge is 0.252 e. The predicted octanol–water partition coefficient (Wildman–Crippen LogP) is 3.71. The number of rotatable bonds is 3. The number of anilines is 2. The van der Waals surface area contributed by atoms with Crippen LogP contribution in [0.5, 0.6) is 0 Å². The fraction of sp³-hybridized carbons (Fsp3) is 0.286. The highest BCUT2D eigenvalue weighted by Crippen LogP contribution is 2.21. The monoisotopic (exact) mass is 321 g/mol. The van der Waals surface area contributed by atoms with Crippen molar-refractivity contribution in [1.82, 2.24) is 9.97 Å². The number of aromatic nitrogens is 2. The van der Waals surface area contributed by atoms with Gasteiger partial charge in [0.15, 0.2) is 0 Å². The maximum absolute atomic E-state index is 11.6. The minimum Gasteiger partial charge on any atom is -0.326 e. The van der Waals surface area contributed by atoms with Gasteiger partial charge in [-0.15, -0.1) is 0 Å². The molecular weight excluding hydrogens is 306 g/mol. The molecule has 1 heterocycles. The average molecular weight is 322 g/mol. The molecule has 1 aromatic heterocycles. The van der Waals surface area contributed by atoms with Crippen LogP contribution in [0.4, 0.5) is 11.6 Å². The standard InChI is InChI=1S/C14H16BrN3O/c1-8(2)12-7-13(19)18-14(17-12)16-10-4-5-11(15)9(3)6-10/h4-8H,1-3H3,(H2,16,17,18,19). The number of aryl methyl sites for hydroxylation is 1. The van der Waals surface area contributed by atoms with Crippen LogP contribution in [-0.2, 0) is 0 Å². The van der Waals surface area contributed by atoms with Gasteiger partial charge in [-0.1, -0.05) is 29.8 Å². The van der Waals surface area contributed by atoms with Gasteiger partial charge in [0.1, 0.15) is 0 Å². The van der Waals surface area contributed by atoms with Crippen molar-refractivity contribution in [2.24, 2.45) is 0 Å². The van der Waals surface area contributed by atoms with Crippen molar-refractivity contribution in [2.75, 3.05) is 5.32 Å². The Labute approximate surface area is 120 Å². The maximum Gasteiger partial charge on any atom is 0.252 e. The van der Waals surface area contributed by atoms with E-state index in [0.717, 1.165) is 21.4 Å². The molecule has 0 fully saturated rings. The highest BCUT2D eigenvalue weighted by Gasteiger charge is 2.06. The summed E-state index contributed by atoms with van der Waals surface area (Å²) >= 11 is 3.46. The van der Waals surface area contributed by atoms with Crippen LogP contribution in [0.1, 0.15) is 31.0 Å². The number of halogens is 1. The Balaban J connectivity index is 2.32. The molecule has 2 rings (SSSR count). The number of nitrogens with one attached hydrogen (secondary N) is 2. The summed E-state index contributed by atoms with van der Waals surface area (Å²) in [5.41, 5.74) is 2.65. The quantitative estimate of drug-likeness (QED) is 0.906. The largest absolute Gasteiger partial charge is 0.326 e. The molecule has 0 unspecified atom stereocenters. The van der Waals surface area contributed by atoms with Gasteiger partial charge in [-0.2, -0.15) is 0 Å². The molecule has 4 nitrogen and oxygen atoms in total. The first-order valence-electron chi connectivity index (χ1n) is 6.10. The lowest BCUT2D eigenvalue weighted by atomic mass is 10.1. The molecule has 2 aromatic rings. The molecule has 0 amide bonds. The molecule has 1 aromatic carbocycles. The molecule has 0 spiro atoms. The molecule has 0 aliphatic rings. The Morgan fingerprint density at radius 3 is 2.68 bits per heavy atom. The number of nitrogens with zero attached hydrogens (tertiary/aromatic N) is 1. The molecule has 2 N–H and O–H groups in total. The van der Waals surface area contributed by atoms with Crippen LogP contribution >= 0.6 is 15.9 Å². The Hall–Kier alpha value is -1.62. The topological polar surface area (TPSA) is 57.8 Å². The summed E-state index contributed by atoms with van der Waals surface area (Å²) in [4.78, 5) is 18.7. The first kappa shape index (κ1) is 13.8. The van der Waals surface area contributed by atoms with E-state index in [1.54, 1.807) is 0 Å². The van der Waals surface area contributed by atoms with Crippen molar-refractivity contribution in [3.8, 4) is 0 Å². The zero-order valence-electron chi connectivity index (χ0n) is 11.1. The lowest BCUT2D eigenvalue weighted by Gasteiger charge is -2.09. The Morgan fingerprint density at radius 1 is 1.32 bits per heavy atom. The van der Waals surface area contributed by atoms with Crippen LogP contribution < -0.4 is 10.9 Å². The minimum atomic E-state index is -0.143. The Kier molecular flexibility index (Phi) is 4.04. The summed E-state index contributed by atoms with van der Waals surface area (Å²) in [5, 5.41) is 3.12. The maximum atomic E-state index is 11.6. The van der Waals surface area contributed by atoms with E-state index in [2.05, 4.69) is 31.2 Å². The lowest BCUT2D eigenvalue weighted by Crippen LogP contribution is -2.12. The van der Waals surface area contributed by atoms with E-state index in [1.165, 1.54) is 6.07 Å². The van der Waals surface area contributed by atoms with Gasteiger partial charge in [0.2, 0.25) is 5.95 Å².